The van der Waals surface area contributed by atoms with Gasteiger partial charge in [-0.15, -0.1) is 16.1 Å². The van der Waals surface area contributed by atoms with Crippen LogP contribution in [0.5, 0.6) is 0 Å². The number of hydrogen-bond acceptors (Lipinski definition) is 7. The fourth-order valence-corrected chi connectivity index (χ4v) is 5.64. The van der Waals surface area contributed by atoms with Crippen molar-refractivity contribution in [3.8, 4) is 21.0 Å². The van der Waals surface area contributed by atoms with E-state index in [1.165, 1.54) is 11.3 Å². The van der Waals surface area contributed by atoms with E-state index >= 15 is 0 Å². The Morgan fingerprint density at radius 1 is 1.11 bits per heavy atom. The minimum Gasteiger partial charge on any atom is -0.593 e. The number of aromatic nitrogens is 3. The molecule has 0 aliphatic rings. The van der Waals surface area contributed by atoms with Gasteiger partial charge in [0.2, 0.25) is 0 Å². The Kier molecular flexibility index (Phi) is 7.94. The van der Waals surface area contributed by atoms with Gasteiger partial charge in [-0.1, -0.05) is 0 Å². The summed E-state index contributed by atoms with van der Waals surface area (Å²) in [4.78, 5) is 25.3. The van der Waals surface area contributed by atoms with Crippen LogP contribution in [0.4, 0.5) is 16.2 Å². The van der Waals surface area contributed by atoms with E-state index < -0.39 is 11.4 Å². The molecule has 2 aromatic carbocycles. The molecule has 2 amide bonds. The van der Waals surface area contributed by atoms with Crippen LogP contribution in [0.25, 0.3) is 21.0 Å². The lowest BCUT2D eigenvalue weighted by atomic mass is 10.1. The van der Waals surface area contributed by atoms with E-state index in [0.717, 1.165) is 32.4 Å². The molecule has 0 aliphatic heterocycles. The predicted octanol–water partition coefficient (Wildman–Crippen LogP) is 4.97. The van der Waals surface area contributed by atoms with E-state index in [1.54, 1.807) is 30.9 Å². The van der Waals surface area contributed by atoms with Crippen LogP contribution in [-0.4, -0.2) is 38.1 Å². The molecule has 0 spiro atoms. The number of rotatable bonds is 8. The number of H-pyrrole nitrogens is 1. The van der Waals surface area contributed by atoms with Gasteiger partial charge in [0, 0.05) is 42.4 Å². The highest BCUT2D eigenvalue weighted by Crippen LogP contribution is 2.37. The molecule has 188 valence electrons. The molecule has 4 aromatic rings. The minimum atomic E-state index is -1.52. The first-order chi connectivity index (χ1) is 17.2. The van der Waals surface area contributed by atoms with Crippen LogP contribution in [-0.2, 0) is 17.9 Å². The number of benzene rings is 2. The van der Waals surface area contributed by atoms with E-state index in [9.17, 15) is 9.35 Å². The van der Waals surface area contributed by atoms with E-state index in [-0.39, 0.29) is 11.6 Å². The Hall–Kier alpha value is -3.38. The molecule has 0 aliphatic carbocycles. The number of amides is 2. The van der Waals surface area contributed by atoms with Gasteiger partial charge >= 0.3 is 6.03 Å². The lowest BCUT2D eigenvalue weighted by Gasteiger charge is -2.23. The van der Waals surface area contributed by atoms with Crippen molar-refractivity contribution in [1.82, 2.24) is 25.0 Å². The zero-order valence-electron chi connectivity index (χ0n) is 20.5. The second-order valence-electron chi connectivity index (χ2n) is 9.07. The maximum absolute atomic E-state index is 13.4. The van der Waals surface area contributed by atoms with Crippen molar-refractivity contribution in [3.05, 3.63) is 66.9 Å². The van der Waals surface area contributed by atoms with Gasteiger partial charge in [0.05, 0.1) is 45.9 Å². The van der Waals surface area contributed by atoms with Crippen molar-refractivity contribution >= 4 is 40.1 Å². The van der Waals surface area contributed by atoms with Crippen LogP contribution in [0, 0.1) is 0 Å². The van der Waals surface area contributed by atoms with Gasteiger partial charge < -0.3 is 25.5 Å². The van der Waals surface area contributed by atoms with Gasteiger partial charge in [-0.05, 0) is 57.2 Å². The summed E-state index contributed by atoms with van der Waals surface area (Å²) in [7, 11) is 1.88. The zero-order valence-corrected chi connectivity index (χ0v) is 22.1. The standard InChI is InChI=1S/C25H29N7O2S2/c1-25(2,3)32-36(34)22-11-18(31-24(33)29-13-19-12-27-15-30-19)9-10-20(22)21-14-28-23(35-21)16-5-7-17(26-4)8-6-16/h5-12,14-15,26,32H,13H2,1-4H3,(H,27,30)(H2,29,31,33). The summed E-state index contributed by atoms with van der Waals surface area (Å²) in [6.45, 7) is 6.17. The van der Waals surface area contributed by atoms with Crippen molar-refractivity contribution in [1.29, 1.82) is 0 Å². The molecule has 36 heavy (non-hydrogen) atoms. The van der Waals surface area contributed by atoms with Gasteiger partial charge in [0.25, 0.3) is 0 Å². The number of aromatic amines is 1. The lowest BCUT2D eigenvalue weighted by molar-refractivity contribution is 0.251. The number of thiazole rings is 1. The molecule has 5 N–H and O–H groups in total. The van der Waals surface area contributed by atoms with Crippen molar-refractivity contribution in [3.63, 3.8) is 0 Å². The third kappa shape index (κ3) is 6.64. The van der Waals surface area contributed by atoms with Gasteiger partial charge in [-0.3, -0.25) is 0 Å². The van der Waals surface area contributed by atoms with Crippen molar-refractivity contribution in [2.24, 2.45) is 0 Å². The van der Waals surface area contributed by atoms with E-state index in [0.29, 0.717) is 17.1 Å². The molecule has 0 fully saturated rings. The Bertz CT molecular complexity index is 1300. The molecule has 1 atom stereocenters. The highest BCUT2D eigenvalue weighted by atomic mass is 32.2. The molecule has 11 heteroatoms. The number of hydrogen-bond donors (Lipinski definition) is 5. The summed E-state index contributed by atoms with van der Waals surface area (Å²) in [6, 6.07) is 13.1. The molecule has 9 nitrogen and oxygen atoms in total. The quantitative estimate of drug-likeness (QED) is 0.207. The van der Waals surface area contributed by atoms with Crippen LogP contribution in [0.15, 0.2) is 66.1 Å². The van der Waals surface area contributed by atoms with Gasteiger partial charge in [-0.2, -0.15) is 0 Å². The molecular weight excluding hydrogens is 494 g/mol. The summed E-state index contributed by atoms with van der Waals surface area (Å²) in [6.07, 6.45) is 5.00. The maximum atomic E-state index is 13.4. The third-order valence-electron chi connectivity index (χ3n) is 5.02. The Balaban J connectivity index is 1.59. The Morgan fingerprint density at radius 3 is 2.53 bits per heavy atom. The number of imidazole rings is 1. The number of carbonyl (C=O) groups excluding carboxylic acids is 1. The van der Waals surface area contributed by atoms with Crippen LogP contribution >= 0.6 is 11.3 Å². The molecule has 2 heterocycles. The molecule has 2 aromatic heterocycles. The molecule has 0 radical (unpaired) electrons. The second kappa shape index (κ2) is 11.1. The zero-order chi connectivity index (χ0) is 25.7. The average Bonchev–Trinajstić information content (AvgIpc) is 3.54. The highest BCUT2D eigenvalue weighted by molar-refractivity contribution is 7.89. The molecule has 0 bridgehead atoms. The monoisotopic (exact) mass is 523 g/mol. The maximum Gasteiger partial charge on any atom is 0.319 e. The summed E-state index contributed by atoms with van der Waals surface area (Å²) >= 11 is 0.00362. The van der Waals surface area contributed by atoms with Crippen LogP contribution < -0.4 is 20.7 Å². The summed E-state index contributed by atoms with van der Waals surface area (Å²) < 4.78 is 16.5. The first-order valence-electron chi connectivity index (χ1n) is 11.3. The van der Waals surface area contributed by atoms with Crippen LogP contribution in [0.2, 0.25) is 0 Å². The van der Waals surface area contributed by atoms with Gasteiger partial charge in [-0.25, -0.2) is 14.8 Å². The molecule has 1 unspecified atom stereocenters. The lowest BCUT2D eigenvalue weighted by Crippen LogP contribution is -2.40. The summed E-state index contributed by atoms with van der Waals surface area (Å²) in [5.41, 5.74) is 3.78. The number of anilines is 2. The number of nitrogens with zero attached hydrogens (tertiary/aromatic N) is 2. The number of carbonyl (C=O) groups is 1. The second-order valence-corrected chi connectivity index (χ2v) is 11.3. The van der Waals surface area contributed by atoms with Crippen molar-refractivity contribution < 1.29 is 9.35 Å². The molecule has 0 saturated carbocycles. The number of urea groups is 1. The van der Waals surface area contributed by atoms with E-state index in [1.807, 2.05) is 58.2 Å². The highest BCUT2D eigenvalue weighted by Gasteiger charge is 2.26. The van der Waals surface area contributed by atoms with Crippen molar-refractivity contribution in [2.75, 3.05) is 17.7 Å². The topological polar surface area (TPSA) is 130 Å². The summed E-state index contributed by atoms with van der Waals surface area (Å²) in [5.74, 6) is 0. The molecule has 4 rings (SSSR count). The average molecular weight is 524 g/mol. The summed E-state index contributed by atoms with van der Waals surface area (Å²) in [5, 5.41) is 9.57. The van der Waals surface area contributed by atoms with Crippen molar-refractivity contribution in [2.45, 2.75) is 37.8 Å². The van der Waals surface area contributed by atoms with Gasteiger partial charge in [0.1, 0.15) is 5.01 Å². The normalized spacial score (nSPS) is 12.2. The minimum absolute atomic E-state index is 0.313. The molecular formula is C25H29N7O2S2. The molecule has 0 saturated heterocycles. The largest absolute Gasteiger partial charge is 0.593 e. The third-order valence-corrected chi connectivity index (χ3v) is 7.64. The first kappa shape index (κ1) is 25.7. The Morgan fingerprint density at radius 2 is 1.86 bits per heavy atom. The van der Waals surface area contributed by atoms with Crippen LogP contribution in [0.1, 0.15) is 26.5 Å². The van der Waals surface area contributed by atoms with Gasteiger partial charge in [0.15, 0.2) is 4.90 Å². The predicted molar refractivity (Wildman–Crippen MR) is 146 cm³/mol. The van der Waals surface area contributed by atoms with Crippen LogP contribution in [0.3, 0.4) is 0 Å². The Labute approximate surface area is 217 Å². The fourth-order valence-electron chi connectivity index (χ4n) is 3.33. The van der Waals surface area contributed by atoms with E-state index in [2.05, 4.69) is 35.6 Å². The van der Waals surface area contributed by atoms with E-state index in [4.69, 9.17) is 0 Å². The smallest absolute Gasteiger partial charge is 0.319 e. The SMILES string of the molecule is CNc1ccc(-c2ncc(-c3ccc(NC(=O)NCc4cnc[nH]4)cc3[S+]([O-])NC(C)(C)C)s2)cc1. The number of nitrogens with one attached hydrogen (secondary N) is 5. The fraction of sp³-hybridized carbons (Fsp3) is 0.240. The first-order valence-corrected chi connectivity index (χ1v) is 13.3.